The summed E-state index contributed by atoms with van der Waals surface area (Å²) < 4.78 is 5.28. The molecule has 0 saturated carbocycles. The molecule has 0 atom stereocenters. The molecule has 0 unspecified atom stereocenters. The number of halogens is 1. The van der Waals surface area contributed by atoms with Gasteiger partial charge in [0.25, 0.3) is 0 Å². The van der Waals surface area contributed by atoms with Gasteiger partial charge in [-0.2, -0.15) is 0 Å². The van der Waals surface area contributed by atoms with E-state index in [9.17, 15) is 0 Å². The van der Waals surface area contributed by atoms with Crippen LogP contribution in [0.25, 0.3) is 6.08 Å². The van der Waals surface area contributed by atoms with Crippen LogP contribution in [0.4, 0.5) is 17.2 Å². The van der Waals surface area contributed by atoms with E-state index in [0.29, 0.717) is 22.2 Å². The number of nitrogen functional groups attached to an aromatic ring is 1. The lowest BCUT2D eigenvalue weighted by Gasteiger charge is -2.14. The normalized spacial score (nSPS) is 10.6. The van der Waals surface area contributed by atoms with E-state index in [2.05, 4.69) is 29.2 Å². The van der Waals surface area contributed by atoms with Crippen LogP contribution >= 0.6 is 11.6 Å². The van der Waals surface area contributed by atoms with Crippen molar-refractivity contribution >= 4 is 34.9 Å². The van der Waals surface area contributed by atoms with Gasteiger partial charge in [-0.05, 0) is 18.6 Å². The van der Waals surface area contributed by atoms with Gasteiger partial charge in [-0.15, -0.1) is 6.42 Å². The molecule has 0 amide bonds. The third-order valence-corrected chi connectivity index (χ3v) is 3.84. The summed E-state index contributed by atoms with van der Waals surface area (Å²) in [4.78, 5) is 4.15. The zero-order valence-electron chi connectivity index (χ0n) is 13.8. The molecule has 124 valence electrons. The van der Waals surface area contributed by atoms with Crippen molar-refractivity contribution in [3.05, 3.63) is 46.6 Å². The SMILES string of the molecule is C#Cc1cc(Nc2ccnc(N)c2/C=C/CCC)cc(OC)c1Cl. The van der Waals surface area contributed by atoms with Gasteiger partial charge in [0, 0.05) is 29.1 Å². The van der Waals surface area contributed by atoms with Gasteiger partial charge in [-0.3, -0.25) is 0 Å². The highest BCUT2D eigenvalue weighted by Crippen LogP contribution is 2.34. The van der Waals surface area contributed by atoms with E-state index in [0.717, 1.165) is 29.8 Å². The third-order valence-electron chi connectivity index (χ3n) is 3.45. The van der Waals surface area contributed by atoms with Crippen molar-refractivity contribution in [1.29, 1.82) is 0 Å². The van der Waals surface area contributed by atoms with E-state index in [4.69, 9.17) is 28.5 Å². The molecule has 24 heavy (non-hydrogen) atoms. The Morgan fingerprint density at radius 1 is 1.46 bits per heavy atom. The molecule has 0 fully saturated rings. The molecule has 5 heteroatoms. The highest BCUT2D eigenvalue weighted by molar-refractivity contribution is 6.33. The van der Waals surface area contributed by atoms with Crippen molar-refractivity contribution < 1.29 is 4.74 Å². The van der Waals surface area contributed by atoms with Gasteiger partial charge in [-0.25, -0.2) is 4.98 Å². The highest BCUT2D eigenvalue weighted by atomic mass is 35.5. The summed E-state index contributed by atoms with van der Waals surface area (Å²) >= 11 is 6.19. The molecule has 0 aliphatic rings. The first-order valence-corrected chi connectivity index (χ1v) is 8.00. The minimum atomic E-state index is 0.419. The number of rotatable bonds is 6. The lowest BCUT2D eigenvalue weighted by Crippen LogP contribution is -2.00. The summed E-state index contributed by atoms with van der Waals surface area (Å²) in [6, 6.07) is 5.44. The first-order chi connectivity index (χ1) is 11.6. The van der Waals surface area contributed by atoms with E-state index < -0.39 is 0 Å². The Balaban J connectivity index is 2.42. The van der Waals surface area contributed by atoms with E-state index >= 15 is 0 Å². The maximum atomic E-state index is 6.19. The van der Waals surface area contributed by atoms with Gasteiger partial charge in [0.2, 0.25) is 0 Å². The van der Waals surface area contributed by atoms with Crippen molar-refractivity contribution in [2.45, 2.75) is 19.8 Å². The number of anilines is 3. The largest absolute Gasteiger partial charge is 0.495 e. The van der Waals surface area contributed by atoms with E-state index in [-0.39, 0.29) is 0 Å². The zero-order valence-corrected chi connectivity index (χ0v) is 14.5. The second-order valence-electron chi connectivity index (χ2n) is 5.16. The molecule has 2 aromatic rings. The van der Waals surface area contributed by atoms with Crippen molar-refractivity contribution in [3.8, 4) is 18.1 Å². The molecule has 0 aliphatic carbocycles. The number of nitrogens with one attached hydrogen (secondary N) is 1. The van der Waals surface area contributed by atoms with E-state index in [1.807, 2.05) is 12.1 Å². The van der Waals surface area contributed by atoms with Crippen LogP contribution in [0.2, 0.25) is 5.02 Å². The first kappa shape index (κ1) is 17.7. The minimum Gasteiger partial charge on any atom is -0.495 e. The molecule has 0 saturated heterocycles. The number of benzene rings is 1. The Bertz CT molecular complexity index is 794. The van der Waals surface area contributed by atoms with Gasteiger partial charge in [0.15, 0.2) is 0 Å². The number of hydrogen-bond donors (Lipinski definition) is 2. The number of pyridine rings is 1. The number of ether oxygens (including phenoxy) is 1. The molecule has 1 aromatic heterocycles. The molecule has 1 heterocycles. The number of nitrogens with two attached hydrogens (primary N) is 1. The Hall–Kier alpha value is -2.64. The van der Waals surface area contributed by atoms with Crippen LogP contribution < -0.4 is 15.8 Å². The Morgan fingerprint density at radius 3 is 2.92 bits per heavy atom. The second-order valence-corrected chi connectivity index (χ2v) is 5.54. The number of hydrogen-bond acceptors (Lipinski definition) is 4. The lowest BCUT2D eigenvalue weighted by molar-refractivity contribution is 0.415. The maximum Gasteiger partial charge on any atom is 0.140 e. The molecular formula is C19H20ClN3O. The fraction of sp³-hybridized carbons (Fsp3) is 0.211. The fourth-order valence-corrected chi connectivity index (χ4v) is 2.46. The van der Waals surface area contributed by atoms with Crippen molar-refractivity contribution in [1.82, 2.24) is 4.98 Å². The molecule has 0 spiro atoms. The van der Waals surface area contributed by atoms with Crippen LogP contribution in [0.15, 0.2) is 30.5 Å². The van der Waals surface area contributed by atoms with Crippen molar-refractivity contribution in [2.24, 2.45) is 0 Å². The average molecular weight is 342 g/mol. The zero-order chi connectivity index (χ0) is 17.5. The van der Waals surface area contributed by atoms with Crippen LogP contribution in [-0.4, -0.2) is 12.1 Å². The van der Waals surface area contributed by atoms with E-state index in [1.165, 1.54) is 0 Å². The predicted octanol–water partition coefficient (Wildman–Crippen LogP) is 4.86. The molecule has 3 N–H and O–H groups in total. The van der Waals surface area contributed by atoms with Crippen molar-refractivity contribution in [3.63, 3.8) is 0 Å². The number of methoxy groups -OCH3 is 1. The number of unbranched alkanes of at least 4 members (excludes halogenated alkanes) is 1. The maximum absolute atomic E-state index is 6.19. The van der Waals surface area contributed by atoms with Gasteiger partial charge in [0.1, 0.15) is 11.6 Å². The quantitative estimate of drug-likeness (QED) is 0.736. The Kier molecular flexibility index (Phi) is 6.11. The Morgan fingerprint density at radius 2 is 2.25 bits per heavy atom. The minimum absolute atomic E-state index is 0.419. The van der Waals surface area contributed by atoms with Crippen LogP contribution in [0.5, 0.6) is 5.75 Å². The number of allylic oxidation sites excluding steroid dienone is 1. The average Bonchev–Trinajstić information content (AvgIpc) is 2.58. The van der Waals surface area contributed by atoms with Gasteiger partial charge in [-0.1, -0.05) is 43.0 Å². The number of terminal acetylenes is 1. The molecule has 4 nitrogen and oxygen atoms in total. The summed E-state index contributed by atoms with van der Waals surface area (Å²) in [5.74, 6) is 3.54. The Labute approximate surface area is 147 Å². The number of nitrogens with zero attached hydrogens (tertiary/aromatic N) is 1. The molecule has 0 radical (unpaired) electrons. The fourth-order valence-electron chi connectivity index (χ4n) is 2.22. The van der Waals surface area contributed by atoms with Crippen LogP contribution in [0, 0.1) is 12.3 Å². The van der Waals surface area contributed by atoms with Crippen molar-refractivity contribution in [2.75, 3.05) is 18.2 Å². The highest BCUT2D eigenvalue weighted by Gasteiger charge is 2.10. The van der Waals surface area contributed by atoms with Gasteiger partial charge >= 0.3 is 0 Å². The standard InChI is InChI=1S/C19H20ClN3O/c1-4-6-7-8-15-16(9-10-22-19(15)21)23-14-11-13(5-2)18(20)17(12-14)24-3/h2,7-12H,4,6H2,1,3H3,(H3,21,22,23)/b8-7+. The molecule has 0 bridgehead atoms. The molecular weight excluding hydrogens is 322 g/mol. The summed E-state index contributed by atoms with van der Waals surface area (Å²) in [5, 5.41) is 3.73. The molecule has 1 aromatic carbocycles. The van der Waals surface area contributed by atoms with Gasteiger partial charge in [0.05, 0.1) is 17.8 Å². The summed E-state index contributed by atoms with van der Waals surface area (Å²) in [6.45, 7) is 2.12. The monoisotopic (exact) mass is 341 g/mol. The topological polar surface area (TPSA) is 60.2 Å². The first-order valence-electron chi connectivity index (χ1n) is 7.62. The van der Waals surface area contributed by atoms with E-state index in [1.54, 1.807) is 25.4 Å². The summed E-state index contributed by atoms with van der Waals surface area (Å²) in [7, 11) is 1.55. The summed E-state index contributed by atoms with van der Waals surface area (Å²) in [6.07, 6.45) is 13.3. The van der Waals surface area contributed by atoms with Crippen LogP contribution in [0.3, 0.4) is 0 Å². The second kappa shape index (κ2) is 8.28. The van der Waals surface area contributed by atoms with Crippen LogP contribution in [0.1, 0.15) is 30.9 Å². The smallest absolute Gasteiger partial charge is 0.140 e. The molecule has 2 rings (SSSR count). The summed E-state index contributed by atoms with van der Waals surface area (Å²) in [5.41, 5.74) is 9.01. The number of aromatic nitrogens is 1. The van der Waals surface area contributed by atoms with Gasteiger partial charge < -0.3 is 15.8 Å². The lowest BCUT2D eigenvalue weighted by atomic mass is 10.1. The third kappa shape index (κ3) is 4.01. The molecule has 0 aliphatic heterocycles. The predicted molar refractivity (Wildman–Crippen MR) is 102 cm³/mol. The van der Waals surface area contributed by atoms with Crippen LogP contribution in [-0.2, 0) is 0 Å².